The van der Waals surface area contributed by atoms with E-state index < -0.39 is 29.3 Å². The van der Waals surface area contributed by atoms with E-state index in [0.717, 1.165) is 22.8 Å². The predicted molar refractivity (Wildman–Crippen MR) is 82.2 cm³/mol. The van der Waals surface area contributed by atoms with E-state index in [-0.39, 0.29) is 6.10 Å². The van der Waals surface area contributed by atoms with E-state index in [1.807, 2.05) is 20.8 Å². The number of hydrogen-bond acceptors (Lipinski definition) is 2. The van der Waals surface area contributed by atoms with Gasteiger partial charge in [-0.15, -0.1) is 6.58 Å². The van der Waals surface area contributed by atoms with E-state index in [9.17, 15) is 13.6 Å². The van der Waals surface area contributed by atoms with E-state index in [1.165, 1.54) is 0 Å². The zero-order valence-corrected chi connectivity index (χ0v) is 13.3. The molecular weight excluding hydrogens is 286 g/mol. The van der Waals surface area contributed by atoms with Gasteiger partial charge in [0.05, 0.1) is 5.92 Å². The fraction of sp³-hybridized carbons (Fsp3) is 0.500. The summed E-state index contributed by atoms with van der Waals surface area (Å²) in [5, 5.41) is 0. The number of rotatable bonds is 5. The normalized spacial score (nSPS) is 29.3. The summed E-state index contributed by atoms with van der Waals surface area (Å²) in [7, 11) is 0. The molecule has 0 aromatic carbocycles. The molecule has 0 aromatic heterocycles. The highest BCUT2D eigenvalue weighted by Gasteiger charge is 2.62. The molecule has 0 unspecified atom stereocenters. The Bertz CT molecular complexity index is 580. The standard InChI is InChI=1S/C18H22F2O2/c1-6-7-12-10(2)8-14(11(12)3)22-17(21)16-13(9-15(19)20)18(16,4)5/h6,9,13-14,16H,1-2,7-8H2,3-5H3/t13-,14-,16-/m0/s1. The molecule has 0 aliphatic heterocycles. The second-order valence-electron chi connectivity index (χ2n) is 6.67. The molecule has 1 saturated carbocycles. The molecule has 0 spiro atoms. The Kier molecular flexibility index (Phi) is 4.41. The van der Waals surface area contributed by atoms with Crippen LogP contribution in [0.5, 0.6) is 0 Å². The molecule has 2 rings (SSSR count). The maximum Gasteiger partial charge on any atom is 0.310 e. The monoisotopic (exact) mass is 308 g/mol. The predicted octanol–water partition coefficient (Wildman–Crippen LogP) is 4.80. The number of carbonyl (C=O) groups excluding carboxylic acids is 1. The third-order valence-corrected chi connectivity index (χ3v) is 4.89. The number of ether oxygens (including phenoxy) is 1. The van der Waals surface area contributed by atoms with Gasteiger partial charge in [0.1, 0.15) is 6.10 Å². The first-order chi connectivity index (χ1) is 10.2. The Labute approximate surface area is 130 Å². The summed E-state index contributed by atoms with van der Waals surface area (Å²) in [6.07, 6.45) is 1.87. The summed E-state index contributed by atoms with van der Waals surface area (Å²) in [4.78, 5) is 12.3. The third kappa shape index (κ3) is 2.92. The zero-order valence-electron chi connectivity index (χ0n) is 13.3. The van der Waals surface area contributed by atoms with Crippen LogP contribution in [0.25, 0.3) is 0 Å². The number of allylic oxidation sites excluding steroid dienone is 3. The molecule has 2 aliphatic rings. The van der Waals surface area contributed by atoms with Crippen molar-refractivity contribution in [1.29, 1.82) is 0 Å². The van der Waals surface area contributed by atoms with Gasteiger partial charge in [0.2, 0.25) is 0 Å². The number of hydrogen-bond donors (Lipinski definition) is 0. The minimum Gasteiger partial charge on any atom is -0.457 e. The van der Waals surface area contributed by atoms with E-state index in [1.54, 1.807) is 6.08 Å². The van der Waals surface area contributed by atoms with E-state index in [4.69, 9.17) is 4.74 Å². The molecule has 120 valence electrons. The van der Waals surface area contributed by atoms with Gasteiger partial charge in [-0.05, 0) is 41.6 Å². The van der Waals surface area contributed by atoms with Crippen molar-refractivity contribution in [1.82, 2.24) is 0 Å². The Morgan fingerprint density at radius 1 is 1.45 bits per heavy atom. The molecule has 0 amide bonds. The van der Waals surface area contributed by atoms with Gasteiger partial charge in [0, 0.05) is 12.3 Å². The van der Waals surface area contributed by atoms with Crippen LogP contribution in [0.15, 0.2) is 48.1 Å². The highest BCUT2D eigenvalue weighted by Crippen LogP contribution is 2.60. The molecule has 0 bridgehead atoms. The molecule has 0 aromatic rings. The van der Waals surface area contributed by atoms with Gasteiger partial charge in [0.25, 0.3) is 6.08 Å². The van der Waals surface area contributed by atoms with Crippen molar-refractivity contribution >= 4 is 5.97 Å². The molecule has 1 fully saturated rings. The quantitative estimate of drug-likeness (QED) is 0.538. The largest absolute Gasteiger partial charge is 0.457 e. The van der Waals surface area contributed by atoms with Crippen molar-refractivity contribution in [2.45, 2.75) is 39.7 Å². The molecule has 22 heavy (non-hydrogen) atoms. The van der Waals surface area contributed by atoms with Crippen molar-refractivity contribution in [3.05, 3.63) is 48.1 Å². The van der Waals surface area contributed by atoms with E-state index in [2.05, 4.69) is 13.2 Å². The first-order valence-corrected chi connectivity index (χ1v) is 7.42. The Hall–Kier alpha value is -1.71. The second kappa shape index (κ2) is 5.82. The highest BCUT2D eigenvalue weighted by atomic mass is 19.3. The maximum absolute atomic E-state index is 12.4. The molecule has 2 aliphatic carbocycles. The molecule has 0 heterocycles. The summed E-state index contributed by atoms with van der Waals surface area (Å²) in [6, 6.07) is 0. The molecule has 0 N–H and O–H groups in total. The fourth-order valence-corrected chi connectivity index (χ4v) is 3.34. The van der Waals surface area contributed by atoms with Crippen LogP contribution in [-0.4, -0.2) is 12.1 Å². The van der Waals surface area contributed by atoms with Crippen LogP contribution in [-0.2, 0) is 9.53 Å². The van der Waals surface area contributed by atoms with Crippen molar-refractivity contribution in [2.24, 2.45) is 17.3 Å². The topological polar surface area (TPSA) is 26.3 Å². The van der Waals surface area contributed by atoms with Gasteiger partial charge in [-0.3, -0.25) is 4.79 Å². The van der Waals surface area contributed by atoms with Crippen molar-refractivity contribution in [3.8, 4) is 0 Å². The lowest BCUT2D eigenvalue weighted by Gasteiger charge is -2.14. The van der Waals surface area contributed by atoms with Gasteiger partial charge in [0.15, 0.2) is 0 Å². The van der Waals surface area contributed by atoms with Crippen LogP contribution in [0.4, 0.5) is 8.78 Å². The lowest BCUT2D eigenvalue weighted by molar-refractivity contribution is -0.149. The average molecular weight is 308 g/mol. The summed E-state index contributed by atoms with van der Waals surface area (Å²) < 4.78 is 30.5. The Balaban J connectivity index is 2.07. The van der Waals surface area contributed by atoms with Gasteiger partial charge in [-0.25, -0.2) is 0 Å². The molecule has 4 heteroatoms. The summed E-state index contributed by atoms with van der Waals surface area (Å²) >= 11 is 0. The van der Waals surface area contributed by atoms with E-state index >= 15 is 0 Å². The molecule has 2 nitrogen and oxygen atoms in total. The lowest BCUT2D eigenvalue weighted by atomic mass is 10.1. The van der Waals surface area contributed by atoms with Gasteiger partial charge in [-0.2, -0.15) is 8.78 Å². The maximum atomic E-state index is 12.4. The number of halogens is 2. The molecule has 0 radical (unpaired) electrons. The second-order valence-corrected chi connectivity index (χ2v) is 6.67. The lowest BCUT2D eigenvalue weighted by Crippen LogP contribution is -2.20. The minimum atomic E-state index is -1.74. The first kappa shape index (κ1) is 16.7. The third-order valence-electron chi connectivity index (χ3n) is 4.89. The van der Waals surface area contributed by atoms with Crippen molar-refractivity contribution in [2.75, 3.05) is 0 Å². The number of carbonyl (C=O) groups is 1. The fourth-order valence-electron chi connectivity index (χ4n) is 3.34. The average Bonchev–Trinajstić information content (AvgIpc) is 2.83. The summed E-state index contributed by atoms with van der Waals surface area (Å²) in [5.41, 5.74) is 2.55. The van der Waals surface area contributed by atoms with Gasteiger partial charge < -0.3 is 4.74 Å². The van der Waals surface area contributed by atoms with Crippen LogP contribution in [0.1, 0.15) is 33.6 Å². The molecule has 3 atom stereocenters. The zero-order chi connectivity index (χ0) is 16.7. The summed E-state index contributed by atoms with van der Waals surface area (Å²) in [5.74, 6) is -1.35. The SMILES string of the molecule is C=CCC1=C(C)[C@@H](OC(=O)[C@@H]2[C@H](C=C(F)F)C2(C)C)CC1=C. The van der Waals surface area contributed by atoms with E-state index in [0.29, 0.717) is 12.8 Å². The Morgan fingerprint density at radius 2 is 2.09 bits per heavy atom. The van der Waals surface area contributed by atoms with Crippen LogP contribution in [0.3, 0.4) is 0 Å². The van der Waals surface area contributed by atoms with Crippen LogP contribution < -0.4 is 0 Å². The number of esters is 1. The van der Waals surface area contributed by atoms with Crippen molar-refractivity contribution in [3.63, 3.8) is 0 Å². The summed E-state index contributed by atoms with van der Waals surface area (Å²) in [6.45, 7) is 13.3. The highest BCUT2D eigenvalue weighted by molar-refractivity contribution is 5.79. The first-order valence-electron chi connectivity index (χ1n) is 7.42. The van der Waals surface area contributed by atoms with Crippen LogP contribution in [0.2, 0.25) is 0 Å². The van der Waals surface area contributed by atoms with Gasteiger partial charge >= 0.3 is 5.97 Å². The minimum absolute atomic E-state index is 0.328. The Morgan fingerprint density at radius 3 is 2.64 bits per heavy atom. The van der Waals surface area contributed by atoms with Gasteiger partial charge in [-0.1, -0.05) is 26.5 Å². The van der Waals surface area contributed by atoms with Crippen LogP contribution >= 0.6 is 0 Å². The van der Waals surface area contributed by atoms with Crippen LogP contribution in [0, 0.1) is 17.3 Å². The molecule has 0 saturated heterocycles. The van der Waals surface area contributed by atoms with Crippen molar-refractivity contribution < 1.29 is 18.3 Å². The molecular formula is C18H22F2O2. The smallest absolute Gasteiger partial charge is 0.310 e.